The fourth-order valence-electron chi connectivity index (χ4n) is 7.51. The Hall–Kier alpha value is -1.10. The van der Waals surface area contributed by atoms with Crippen LogP contribution in [0.25, 0.3) is 0 Å². The lowest BCUT2D eigenvalue weighted by molar-refractivity contribution is -0.202. The molecule has 0 aliphatic heterocycles. The van der Waals surface area contributed by atoms with Crippen molar-refractivity contribution in [2.75, 3.05) is 13.7 Å². The van der Waals surface area contributed by atoms with E-state index >= 15 is 0 Å². The lowest BCUT2D eigenvalue weighted by atomic mass is 9.42. The number of aliphatic hydroxyl groups excluding tert-OH is 1. The molecule has 7 atom stereocenters. The van der Waals surface area contributed by atoms with Crippen LogP contribution in [-0.2, 0) is 19.1 Å². The summed E-state index contributed by atoms with van der Waals surface area (Å²) >= 11 is 0. The molecule has 5 nitrogen and oxygen atoms in total. The highest BCUT2D eigenvalue weighted by molar-refractivity contribution is 5.77. The van der Waals surface area contributed by atoms with E-state index in [-0.39, 0.29) is 35.5 Å². The van der Waals surface area contributed by atoms with E-state index in [1.165, 1.54) is 14.0 Å². The molecule has 0 saturated heterocycles. The van der Waals surface area contributed by atoms with Gasteiger partial charge in [-0.2, -0.15) is 0 Å². The molecule has 0 amide bonds. The van der Waals surface area contributed by atoms with Crippen molar-refractivity contribution < 1.29 is 24.2 Å². The molecule has 28 heavy (non-hydrogen) atoms. The van der Waals surface area contributed by atoms with Crippen molar-refractivity contribution in [3.8, 4) is 0 Å². The Morgan fingerprint density at radius 2 is 1.79 bits per heavy atom. The fourth-order valence-corrected chi connectivity index (χ4v) is 7.51. The van der Waals surface area contributed by atoms with Crippen LogP contribution in [0, 0.1) is 34.0 Å². The summed E-state index contributed by atoms with van der Waals surface area (Å²) in [5, 5.41) is 9.63. The molecule has 3 aliphatic rings. The van der Waals surface area contributed by atoms with Crippen LogP contribution >= 0.6 is 0 Å². The summed E-state index contributed by atoms with van der Waals surface area (Å²) in [4.78, 5) is 24.7. The van der Waals surface area contributed by atoms with Gasteiger partial charge in [-0.3, -0.25) is 9.59 Å². The van der Waals surface area contributed by atoms with Crippen LogP contribution in [0.3, 0.4) is 0 Å². The summed E-state index contributed by atoms with van der Waals surface area (Å²) in [6.07, 6.45) is 7.52. The van der Waals surface area contributed by atoms with Crippen LogP contribution in [-0.4, -0.2) is 36.9 Å². The second-order valence-electron chi connectivity index (χ2n) is 10.4. The molecule has 1 N–H and O–H groups in total. The van der Waals surface area contributed by atoms with Crippen molar-refractivity contribution in [2.45, 2.75) is 85.2 Å². The van der Waals surface area contributed by atoms with Crippen molar-refractivity contribution in [3.05, 3.63) is 0 Å². The molecule has 0 spiro atoms. The molecule has 0 aromatic heterocycles. The molecule has 160 valence electrons. The van der Waals surface area contributed by atoms with Crippen molar-refractivity contribution in [1.82, 2.24) is 0 Å². The van der Waals surface area contributed by atoms with Crippen LogP contribution in [0.15, 0.2) is 0 Å². The zero-order valence-electron chi connectivity index (χ0n) is 18.3. The maximum atomic E-state index is 12.7. The second-order valence-corrected chi connectivity index (χ2v) is 10.4. The van der Waals surface area contributed by atoms with Gasteiger partial charge in [0.2, 0.25) is 0 Å². The number of fused-ring (bicyclic) bond motifs is 3. The van der Waals surface area contributed by atoms with Gasteiger partial charge in [-0.1, -0.05) is 20.3 Å². The molecule has 5 heteroatoms. The first-order valence-electron chi connectivity index (χ1n) is 11.0. The number of ether oxygens (including phenoxy) is 2. The summed E-state index contributed by atoms with van der Waals surface area (Å²) in [6, 6.07) is 0. The number of methoxy groups -OCH3 is 1. The normalized spacial score (nSPS) is 45.5. The van der Waals surface area contributed by atoms with E-state index in [4.69, 9.17) is 9.47 Å². The topological polar surface area (TPSA) is 72.8 Å². The smallest absolute Gasteiger partial charge is 0.311 e. The molecular weight excluding hydrogens is 356 g/mol. The highest BCUT2D eigenvalue weighted by Gasteiger charge is 2.62. The second kappa shape index (κ2) is 7.62. The van der Waals surface area contributed by atoms with Gasteiger partial charge in [-0.15, -0.1) is 0 Å². The summed E-state index contributed by atoms with van der Waals surface area (Å²) in [7, 11) is 1.50. The molecule has 0 bridgehead atoms. The fraction of sp³-hybridized carbons (Fsp3) is 0.913. The standard InChI is InChI=1S/C23H38O5/c1-15(25)28-19-16-7-8-18-22(3,10-6-11-23(18,4)20(26)27-5)17(16)9-12-21(19,2)13-14-24/h16-19,24H,6-14H2,1-5H3/t16-,17+,18-,19+,21-,22-,23-/m1/s1. The summed E-state index contributed by atoms with van der Waals surface area (Å²) in [6.45, 7) is 8.25. The number of carbonyl (C=O) groups is 2. The number of rotatable bonds is 4. The van der Waals surface area contributed by atoms with E-state index in [2.05, 4.69) is 20.8 Å². The van der Waals surface area contributed by atoms with E-state index in [9.17, 15) is 14.7 Å². The Kier molecular flexibility index (Phi) is 5.88. The van der Waals surface area contributed by atoms with Gasteiger partial charge < -0.3 is 14.6 Å². The minimum Gasteiger partial charge on any atom is -0.469 e. The van der Waals surface area contributed by atoms with Gasteiger partial charge in [-0.05, 0) is 75.0 Å². The third kappa shape index (κ3) is 3.28. The molecule has 0 heterocycles. The first-order chi connectivity index (χ1) is 13.1. The van der Waals surface area contributed by atoms with Crippen LogP contribution in [0.5, 0.6) is 0 Å². The van der Waals surface area contributed by atoms with Crippen molar-refractivity contribution in [1.29, 1.82) is 0 Å². The van der Waals surface area contributed by atoms with E-state index < -0.39 is 5.41 Å². The molecule has 3 aliphatic carbocycles. The minimum absolute atomic E-state index is 0.0586. The van der Waals surface area contributed by atoms with E-state index in [0.717, 1.165) is 44.9 Å². The summed E-state index contributed by atoms with van der Waals surface area (Å²) in [5.74, 6) is 0.745. The van der Waals surface area contributed by atoms with Crippen LogP contribution in [0.4, 0.5) is 0 Å². The maximum absolute atomic E-state index is 12.7. The predicted octanol–water partition coefficient (Wildman–Crippen LogP) is 4.11. The highest BCUT2D eigenvalue weighted by atomic mass is 16.5. The molecule has 0 unspecified atom stereocenters. The number of carbonyl (C=O) groups excluding carboxylic acids is 2. The molecule has 3 rings (SSSR count). The summed E-state index contributed by atoms with van der Waals surface area (Å²) < 4.78 is 11.2. The minimum atomic E-state index is -0.421. The van der Waals surface area contributed by atoms with E-state index in [1.807, 2.05) is 0 Å². The average molecular weight is 395 g/mol. The largest absolute Gasteiger partial charge is 0.469 e. The van der Waals surface area contributed by atoms with Gasteiger partial charge >= 0.3 is 11.9 Å². The van der Waals surface area contributed by atoms with Gasteiger partial charge in [0.15, 0.2) is 0 Å². The number of hydrogen-bond acceptors (Lipinski definition) is 5. The number of aliphatic hydroxyl groups is 1. The van der Waals surface area contributed by atoms with Crippen molar-refractivity contribution >= 4 is 11.9 Å². The molecular formula is C23H38O5. The quantitative estimate of drug-likeness (QED) is 0.727. The first-order valence-corrected chi connectivity index (χ1v) is 11.0. The van der Waals surface area contributed by atoms with Crippen LogP contribution < -0.4 is 0 Å². The maximum Gasteiger partial charge on any atom is 0.311 e. The number of hydrogen-bond donors (Lipinski definition) is 1. The Morgan fingerprint density at radius 3 is 2.39 bits per heavy atom. The average Bonchev–Trinajstić information content (AvgIpc) is 2.63. The Labute approximate surface area is 169 Å². The third-order valence-corrected chi connectivity index (χ3v) is 8.86. The Balaban J connectivity index is 1.95. The highest BCUT2D eigenvalue weighted by Crippen LogP contribution is 2.66. The molecule has 0 aromatic carbocycles. The Bertz CT molecular complexity index is 618. The predicted molar refractivity (Wildman–Crippen MR) is 106 cm³/mol. The third-order valence-electron chi connectivity index (χ3n) is 8.86. The van der Waals surface area contributed by atoms with Crippen molar-refractivity contribution in [2.24, 2.45) is 34.0 Å². The number of esters is 2. The van der Waals surface area contributed by atoms with Gasteiger partial charge in [0.1, 0.15) is 6.10 Å². The lowest BCUT2D eigenvalue weighted by Gasteiger charge is -2.63. The van der Waals surface area contributed by atoms with Gasteiger partial charge in [0.25, 0.3) is 0 Å². The van der Waals surface area contributed by atoms with Gasteiger partial charge in [0.05, 0.1) is 12.5 Å². The first kappa shape index (κ1) is 21.6. The van der Waals surface area contributed by atoms with E-state index in [1.54, 1.807) is 0 Å². The molecule has 3 fully saturated rings. The SMILES string of the molecule is COC(=O)[C@]1(C)CCC[C@@]2(C)[C@H]1CC[C@H]1[C@H](OC(C)=O)[C@@](C)(CCO)CC[C@@H]12. The Morgan fingerprint density at radius 1 is 1.07 bits per heavy atom. The van der Waals surface area contributed by atoms with Crippen molar-refractivity contribution in [3.63, 3.8) is 0 Å². The van der Waals surface area contributed by atoms with E-state index in [0.29, 0.717) is 24.2 Å². The summed E-state index contributed by atoms with van der Waals surface area (Å²) in [5.41, 5.74) is -0.538. The van der Waals surface area contributed by atoms with Gasteiger partial charge in [0, 0.05) is 18.9 Å². The van der Waals surface area contributed by atoms with Crippen LogP contribution in [0.2, 0.25) is 0 Å². The lowest BCUT2D eigenvalue weighted by Crippen LogP contribution is -2.60. The zero-order chi connectivity index (χ0) is 20.7. The zero-order valence-corrected chi connectivity index (χ0v) is 18.3. The monoisotopic (exact) mass is 394 g/mol. The van der Waals surface area contributed by atoms with Crippen LogP contribution in [0.1, 0.15) is 79.1 Å². The van der Waals surface area contributed by atoms with Gasteiger partial charge in [-0.25, -0.2) is 0 Å². The molecule has 3 saturated carbocycles. The molecule has 0 radical (unpaired) electrons. The molecule has 0 aromatic rings.